The van der Waals surface area contributed by atoms with Gasteiger partial charge in [0, 0.05) is 19.5 Å². The van der Waals surface area contributed by atoms with Gasteiger partial charge in [0.1, 0.15) is 0 Å². The van der Waals surface area contributed by atoms with E-state index in [1.54, 1.807) is 6.92 Å². The number of benzene rings is 2. The molecule has 0 amide bonds. The molecule has 0 radical (unpaired) electrons. The van der Waals surface area contributed by atoms with E-state index in [2.05, 4.69) is 67.7 Å². The first-order chi connectivity index (χ1) is 10.5. The van der Waals surface area contributed by atoms with E-state index < -0.39 is 5.97 Å². The van der Waals surface area contributed by atoms with Gasteiger partial charge in [-0.1, -0.05) is 55.5 Å². The van der Waals surface area contributed by atoms with Gasteiger partial charge in [0.25, 0.3) is 0 Å². The number of aliphatic carboxylic acids is 1. The largest absolute Gasteiger partial charge is 0.481 e. The second-order valence-corrected chi connectivity index (χ2v) is 5.20. The minimum Gasteiger partial charge on any atom is -0.481 e. The molecule has 2 aromatic rings. The molecule has 22 heavy (non-hydrogen) atoms. The van der Waals surface area contributed by atoms with Crippen molar-refractivity contribution in [1.29, 1.82) is 0 Å². The molecule has 0 spiro atoms. The topological polar surface area (TPSA) is 49.3 Å². The molecular formula is C19H25NO2. The molecule has 2 rings (SSSR count). The number of hydrogen-bond donors (Lipinski definition) is 2. The number of nitrogens with one attached hydrogen (secondary N) is 1. The molecule has 2 aromatic carbocycles. The Kier molecular flexibility index (Phi) is 7.94. The van der Waals surface area contributed by atoms with Gasteiger partial charge in [-0.15, -0.1) is 0 Å². The van der Waals surface area contributed by atoms with Crippen molar-refractivity contribution in [2.24, 2.45) is 0 Å². The first-order valence-corrected chi connectivity index (χ1v) is 7.56. The van der Waals surface area contributed by atoms with E-state index in [1.807, 2.05) is 0 Å². The lowest BCUT2D eigenvalue weighted by Gasteiger charge is -2.09. The summed E-state index contributed by atoms with van der Waals surface area (Å²) in [7, 11) is 0. The Labute approximate surface area is 133 Å². The monoisotopic (exact) mass is 299 g/mol. The number of hydrogen-bond acceptors (Lipinski definition) is 2. The van der Waals surface area contributed by atoms with Crippen LogP contribution < -0.4 is 5.32 Å². The predicted molar refractivity (Wildman–Crippen MR) is 90.8 cm³/mol. The number of aryl methyl sites for hydroxylation is 2. The average molecular weight is 299 g/mol. The van der Waals surface area contributed by atoms with E-state index in [-0.39, 0.29) is 6.42 Å². The summed E-state index contributed by atoms with van der Waals surface area (Å²) < 4.78 is 0. The first kappa shape index (κ1) is 17.9. The Hall–Kier alpha value is -2.13. The zero-order valence-corrected chi connectivity index (χ0v) is 13.6. The van der Waals surface area contributed by atoms with Gasteiger partial charge in [-0.3, -0.25) is 4.79 Å². The van der Waals surface area contributed by atoms with Crippen molar-refractivity contribution < 1.29 is 9.90 Å². The molecule has 0 unspecified atom stereocenters. The van der Waals surface area contributed by atoms with Crippen LogP contribution in [0.4, 0.5) is 0 Å². The van der Waals surface area contributed by atoms with Gasteiger partial charge in [0.2, 0.25) is 0 Å². The highest BCUT2D eigenvalue weighted by Crippen LogP contribution is 2.09. The Bertz CT molecular complexity index is 548. The van der Waals surface area contributed by atoms with Crippen LogP contribution >= 0.6 is 0 Å². The molecule has 118 valence electrons. The van der Waals surface area contributed by atoms with Crippen molar-refractivity contribution in [3.8, 4) is 0 Å². The predicted octanol–water partition coefficient (Wildman–Crippen LogP) is 4.07. The lowest BCUT2D eigenvalue weighted by Crippen LogP contribution is -2.14. The van der Waals surface area contributed by atoms with Gasteiger partial charge in [0.05, 0.1) is 0 Å². The fraction of sp³-hybridized carbons (Fsp3) is 0.316. The van der Waals surface area contributed by atoms with E-state index in [0.29, 0.717) is 0 Å². The van der Waals surface area contributed by atoms with Crippen molar-refractivity contribution in [3.05, 3.63) is 70.8 Å². The lowest BCUT2D eigenvalue weighted by molar-refractivity contribution is -0.136. The van der Waals surface area contributed by atoms with Crippen LogP contribution in [-0.4, -0.2) is 11.1 Å². The second-order valence-electron chi connectivity index (χ2n) is 5.20. The summed E-state index contributed by atoms with van der Waals surface area (Å²) in [4.78, 5) is 9.37. The highest BCUT2D eigenvalue weighted by atomic mass is 16.4. The normalized spacial score (nSPS) is 9.77. The molecule has 0 bridgehead atoms. The Balaban J connectivity index is 0.000000422. The van der Waals surface area contributed by atoms with Gasteiger partial charge >= 0.3 is 5.97 Å². The van der Waals surface area contributed by atoms with Crippen molar-refractivity contribution in [2.75, 3.05) is 0 Å². The van der Waals surface area contributed by atoms with Crippen LogP contribution in [0.2, 0.25) is 0 Å². The molecule has 0 aliphatic carbocycles. The lowest BCUT2D eigenvalue weighted by atomic mass is 10.1. The van der Waals surface area contributed by atoms with Crippen LogP contribution in [0.1, 0.15) is 35.6 Å². The summed E-state index contributed by atoms with van der Waals surface area (Å²) >= 11 is 0. The summed E-state index contributed by atoms with van der Waals surface area (Å²) in [5, 5.41) is 11.2. The van der Waals surface area contributed by atoms with Crippen LogP contribution in [-0.2, 0) is 17.9 Å². The maximum Gasteiger partial charge on any atom is 0.303 e. The zero-order chi connectivity index (χ0) is 16.4. The van der Waals surface area contributed by atoms with E-state index in [0.717, 1.165) is 13.1 Å². The third kappa shape index (κ3) is 6.55. The molecule has 0 aliphatic heterocycles. The fourth-order valence-electron chi connectivity index (χ4n) is 1.95. The SMILES string of the molecule is CCC(=O)O.Cc1ccccc1CNCc1ccccc1C. The van der Waals surface area contributed by atoms with Gasteiger partial charge < -0.3 is 10.4 Å². The highest BCUT2D eigenvalue weighted by Gasteiger charge is 1.98. The molecule has 0 heterocycles. The van der Waals surface area contributed by atoms with Crippen molar-refractivity contribution in [2.45, 2.75) is 40.3 Å². The Morgan fingerprint density at radius 1 is 0.909 bits per heavy atom. The third-order valence-electron chi connectivity index (χ3n) is 3.46. The molecule has 2 N–H and O–H groups in total. The maximum absolute atomic E-state index is 9.37. The number of rotatable bonds is 5. The molecule has 3 nitrogen and oxygen atoms in total. The molecule has 0 aromatic heterocycles. The minimum atomic E-state index is -0.745. The quantitative estimate of drug-likeness (QED) is 0.875. The van der Waals surface area contributed by atoms with Crippen molar-refractivity contribution >= 4 is 5.97 Å². The van der Waals surface area contributed by atoms with Crippen molar-refractivity contribution in [1.82, 2.24) is 5.32 Å². The molecule has 0 fully saturated rings. The molecule has 0 atom stereocenters. The summed E-state index contributed by atoms with van der Waals surface area (Å²) in [6, 6.07) is 17.0. The Morgan fingerprint density at radius 2 is 1.27 bits per heavy atom. The standard InChI is InChI=1S/C16H19N.C3H6O2/c1-13-7-3-5-9-15(13)11-17-12-16-10-6-4-8-14(16)2;1-2-3(4)5/h3-10,17H,11-12H2,1-2H3;2H2,1H3,(H,4,5). The smallest absolute Gasteiger partial charge is 0.303 e. The van der Waals surface area contributed by atoms with Gasteiger partial charge in [-0.25, -0.2) is 0 Å². The zero-order valence-electron chi connectivity index (χ0n) is 13.6. The number of carboxylic acids is 1. The number of carboxylic acid groups (broad SMARTS) is 1. The number of carbonyl (C=O) groups is 1. The molecule has 0 saturated carbocycles. The Morgan fingerprint density at radius 3 is 1.59 bits per heavy atom. The third-order valence-corrected chi connectivity index (χ3v) is 3.46. The molecule has 3 heteroatoms. The van der Waals surface area contributed by atoms with Crippen LogP contribution in [0, 0.1) is 13.8 Å². The summed E-state index contributed by atoms with van der Waals surface area (Å²) in [6.45, 7) is 7.78. The highest BCUT2D eigenvalue weighted by molar-refractivity contribution is 5.66. The molecule has 0 saturated heterocycles. The first-order valence-electron chi connectivity index (χ1n) is 7.56. The van der Waals surface area contributed by atoms with Gasteiger partial charge in [-0.05, 0) is 36.1 Å². The van der Waals surface area contributed by atoms with Gasteiger partial charge in [0.15, 0.2) is 0 Å². The van der Waals surface area contributed by atoms with E-state index in [1.165, 1.54) is 22.3 Å². The van der Waals surface area contributed by atoms with E-state index in [4.69, 9.17) is 5.11 Å². The van der Waals surface area contributed by atoms with E-state index in [9.17, 15) is 4.79 Å². The second kappa shape index (κ2) is 9.74. The van der Waals surface area contributed by atoms with Crippen LogP contribution in [0.25, 0.3) is 0 Å². The maximum atomic E-state index is 9.37. The minimum absolute atomic E-state index is 0.222. The van der Waals surface area contributed by atoms with E-state index >= 15 is 0 Å². The van der Waals surface area contributed by atoms with Crippen LogP contribution in [0.15, 0.2) is 48.5 Å². The fourth-order valence-corrected chi connectivity index (χ4v) is 1.95. The average Bonchev–Trinajstić information content (AvgIpc) is 2.51. The summed E-state index contributed by atoms with van der Waals surface area (Å²) in [5.74, 6) is -0.745. The summed E-state index contributed by atoms with van der Waals surface area (Å²) in [6.07, 6.45) is 0.222. The molecular weight excluding hydrogens is 274 g/mol. The van der Waals surface area contributed by atoms with Crippen molar-refractivity contribution in [3.63, 3.8) is 0 Å². The van der Waals surface area contributed by atoms with Crippen LogP contribution in [0.3, 0.4) is 0 Å². The summed E-state index contributed by atoms with van der Waals surface area (Å²) in [5.41, 5.74) is 5.46. The molecule has 0 aliphatic rings. The van der Waals surface area contributed by atoms with Gasteiger partial charge in [-0.2, -0.15) is 0 Å². The van der Waals surface area contributed by atoms with Crippen LogP contribution in [0.5, 0.6) is 0 Å².